The molecule has 1 aliphatic heterocycles. The standard InChI is InChI=1S/C27H31N3O8/c1-27(2,3)38-25(32)29(4)13-11-23-28-12-14-30(23,26(33)34)19-7-9-20(10-8-19)37-24(31)18-15-21(35-5)17-22(16-18)36-6/h7-10,12,14-17H,11,13H2,1-6H3/p+1. The largest absolute Gasteiger partial charge is 0.529 e. The van der Waals surface area contributed by atoms with Crippen molar-refractivity contribution in [3.8, 4) is 17.2 Å². The number of carboxylic acid groups (broad SMARTS) is 1. The second kappa shape index (κ2) is 11.3. The smallest absolute Gasteiger partial charge is 0.497 e. The van der Waals surface area contributed by atoms with Crippen LogP contribution in [-0.2, 0) is 4.74 Å². The number of quaternary nitrogens is 1. The van der Waals surface area contributed by atoms with Gasteiger partial charge in [0.05, 0.1) is 32.4 Å². The van der Waals surface area contributed by atoms with Crippen molar-refractivity contribution in [2.75, 3.05) is 27.8 Å². The number of rotatable bonds is 8. The molecular formula is C27H32N3O8+. The fourth-order valence-corrected chi connectivity index (χ4v) is 3.70. The second-order valence-corrected chi connectivity index (χ2v) is 9.49. The molecular weight excluding hydrogens is 494 g/mol. The SMILES string of the molecule is COc1cc(OC)cc(C(=O)Oc2ccc([N+]3(C(=O)O)C=CN=C3CCN(C)C(=O)OC(C)(C)C)cc2)c1. The van der Waals surface area contributed by atoms with Crippen molar-refractivity contribution in [1.29, 1.82) is 0 Å². The maximum Gasteiger partial charge on any atom is 0.529 e. The van der Waals surface area contributed by atoms with Gasteiger partial charge in [0.25, 0.3) is 0 Å². The summed E-state index contributed by atoms with van der Waals surface area (Å²) in [5.41, 5.74) is -0.0548. The molecule has 0 saturated carbocycles. The molecule has 2 aromatic rings. The summed E-state index contributed by atoms with van der Waals surface area (Å²) in [5.74, 6) is 0.760. The summed E-state index contributed by atoms with van der Waals surface area (Å²) in [6.07, 6.45) is 1.35. The first-order valence-corrected chi connectivity index (χ1v) is 11.8. The van der Waals surface area contributed by atoms with Gasteiger partial charge in [-0.3, -0.25) is 0 Å². The van der Waals surface area contributed by atoms with Gasteiger partial charge in [0.2, 0.25) is 5.84 Å². The van der Waals surface area contributed by atoms with Crippen LogP contribution in [0.2, 0.25) is 0 Å². The Morgan fingerprint density at radius 3 is 2.11 bits per heavy atom. The molecule has 11 nitrogen and oxygen atoms in total. The van der Waals surface area contributed by atoms with E-state index in [1.54, 1.807) is 46.0 Å². The maximum atomic E-state index is 12.7. The Morgan fingerprint density at radius 1 is 0.974 bits per heavy atom. The molecule has 0 radical (unpaired) electrons. The highest BCUT2D eigenvalue weighted by Gasteiger charge is 2.46. The second-order valence-electron chi connectivity index (χ2n) is 9.49. The lowest BCUT2D eigenvalue weighted by molar-refractivity contribution is 0.0302. The van der Waals surface area contributed by atoms with Crippen LogP contribution >= 0.6 is 0 Å². The number of esters is 1. The number of hydrogen-bond donors (Lipinski definition) is 1. The molecule has 1 heterocycles. The van der Waals surface area contributed by atoms with E-state index in [0.717, 1.165) is 0 Å². The lowest BCUT2D eigenvalue weighted by Gasteiger charge is -2.28. The lowest BCUT2D eigenvalue weighted by Crippen LogP contribution is -2.52. The van der Waals surface area contributed by atoms with E-state index in [9.17, 15) is 19.5 Å². The molecule has 2 amide bonds. The average molecular weight is 527 g/mol. The summed E-state index contributed by atoms with van der Waals surface area (Å²) in [6.45, 7) is 5.50. The Bertz CT molecular complexity index is 1240. The van der Waals surface area contributed by atoms with Crippen molar-refractivity contribution in [1.82, 2.24) is 9.38 Å². The minimum atomic E-state index is -1.18. The molecule has 2 aromatic carbocycles. The van der Waals surface area contributed by atoms with E-state index >= 15 is 0 Å². The van der Waals surface area contributed by atoms with Crippen LogP contribution < -0.4 is 18.7 Å². The summed E-state index contributed by atoms with van der Waals surface area (Å²) in [5, 5.41) is 10.2. The summed E-state index contributed by atoms with van der Waals surface area (Å²) in [6, 6.07) is 10.8. The van der Waals surface area contributed by atoms with E-state index in [-0.39, 0.29) is 24.3 Å². The predicted octanol–water partition coefficient (Wildman–Crippen LogP) is 5.05. The first-order chi connectivity index (χ1) is 17.9. The zero-order valence-electron chi connectivity index (χ0n) is 22.3. The number of ether oxygens (including phenoxy) is 4. The van der Waals surface area contributed by atoms with Gasteiger partial charge in [0.1, 0.15) is 29.0 Å². The van der Waals surface area contributed by atoms with E-state index in [4.69, 9.17) is 18.9 Å². The molecule has 1 unspecified atom stereocenters. The van der Waals surface area contributed by atoms with Crippen LogP contribution in [0, 0.1) is 0 Å². The van der Waals surface area contributed by atoms with E-state index in [2.05, 4.69) is 4.99 Å². The Morgan fingerprint density at radius 2 is 1.58 bits per heavy atom. The fraction of sp³-hybridized carbons (Fsp3) is 0.333. The van der Waals surface area contributed by atoms with E-state index in [1.807, 2.05) is 0 Å². The van der Waals surface area contributed by atoms with Gasteiger partial charge < -0.3 is 29.0 Å². The van der Waals surface area contributed by atoms with E-state index in [1.165, 1.54) is 55.8 Å². The van der Waals surface area contributed by atoms with E-state index in [0.29, 0.717) is 23.0 Å². The number of aliphatic imine (C=N–C) groups is 1. The molecule has 0 spiro atoms. The lowest BCUT2D eigenvalue weighted by atomic mass is 10.2. The molecule has 1 aliphatic rings. The van der Waals surface area contributed by atoms with Crippen molar-refractivity contribution in [3.05, 3.63) is 60.4 Å². The molecule has 0 bridgehead atoms. The summed E-state index contributed by atoms with van der Waals surface area (Å²) in [4.78, 5) is 43.1. The first kappa shape index (κ1) is 28.2. The Kier molecular flexibility index (Phi) is 8.42. The Hall–Kier alpha value is -4.38. The summed E-state index contributed by atoms with van der Waals surface area (Å²) >= 11 is 0. The summed E-state index contributed by atoms with van der Waals surface area (Å²) < 4.78 is 20.5. The first-order valence-electron chi connectivity index (χ1n) is 11.8. The monoisotopic (exact) mass is 526 g/mol. The molecule has 202 valence electrons. The number of carbonyl (C=O) groups excluding carboxylic acids is 2. The van der Waals surface area contributed by atoms with Gasteiger partial charge in [-0.05, 0) is 45.0 Å². The van der Waals surface area contributed by atoms with E-state index < -0.39 is 28.2 Å². The van der Waals surface area contributed by atoms with Crippen LogP contribution in [0.15, 0.2) is 59.9 Å². The molecule has 0 saturated heterocycles. The topological polar surface area (TPSA) is 124 Å². The number of nitrogens with zero attached hydrogens (tertiary/aromatic N) is 3. The van der Waals surface area contributed by atoms with Crippen molar-refractivity contribution < 1.29 is 38.4 Å². The van der Waals surface area contributed by atoms with Crippen LogP contribution in [0.25, 0.3) is 0 Å². The zero-order valence-corrected chi connectivity index (χ0v) is 22.3. The van der Waals surface area contributed by atoms with Gasteiger partial charge in [-0.25, -0.2) is 14.6 Å². The molecule has 38 heavy (non-hydrogen) atoms. The van der Waals surface area contributed by atoms with Crippen molar-refractivity contribution in [2.24, 2.45) is 4.99 Å². The van der Waals surface area contributed by atoms with Crippen LogP contribution in [0.5, 0.6) is 17.2 Å². The van der Waals surface area contributed by atoms with Crippen LogP contribution in [0.4, 0.5) is 15.3 Å². The fourth-order valence-electron chi connectivity index (χ4n) is 3.70. The number of amides is 2. The Balaban J connectivity index is 1.76. The van der Waals surface area contributed by atoms with Crippen molar-refractivity contribution in [2.45, 2.75) is 32.8 Å². The molecule has 0 fully saturated rings. The number of amidine groups is 1. The van der Waals surface area contributed by atoms with Crippen molar-refractivity contribution >= 4 is 29.7 Å². The van der Waals surface area contributed by atoms with Gasteiger partial charge in [0.15, 0.2) is 5.69 Å². The van der Waals surface area contributed by atoms with Crippen LogP contribution in [0.3, 0.4) is 0 Å². The predicted molar refractivity (Wildman–Crippen MR) is 141 cm³/mol. The number of methoxy groups -OCH3 is 2. The number of carbonyl (C=O) groups is 3. The highest BCUT2D eigenvalue weighted by molar-refractivity contribution is 6.11. The molecule has 1 N–H and O–H groups in total. The highest BCUT2D eigenvalue weighted by Crippen LogP contribution is 2.32. The molecule has 3 rings (SSSR count). The van der Waals surface area contributed by atoms with Gasteiger partial charge in [-0.2, -0.15) is 4.79 Å². The van der Waals surface area contributed by atoms with Gasteiger partial charge in [0, 0.05) is 31.8 Å². The quantitative estimate of drug-likeness (QED) is 0.288. The van der Waals surface area contributed by atoms with Gasteiger partial charge in [-0.1, -0.05) is 0 Å². The minimum Gasteiger partial charge on any atom is -0.497 e. The molecule has 0 aromatic heterocycles. The Labute approximate surface area is 221 Å². The van der Waals surface area contributed by atoms with Gasteiger partial charge >= 0.3 is 18.2 Å². The molecule has 0 aliphatic carbocycles. The number of benzene rings is 2. The minimum absolute atomic E-state index is 0.184. The third kappa shape index (κ3) is 6.30. The van der Waals surface area contributed by atoms with Gasteiger partial charge in [-0.15, -0.1) is 4.48 Å². The molecule has 11 heteroatoms. The van der Waals surface area contributed by atoms with Crippen LogP contribution in [-0.4, -0.2) is 67.4 Å². The van der Waals surface area contributed by atoms with Crippen molar-refractivity contribution in [3.63, 3.8) is 0 Å². The summed E-state index contributed by atoms with van der Waals surface area (Å²) in [7, 11) is 4.53. The highest BCUT2D eigenvalue weighted by atomic mass is 16.6. The average Bonchev–Trinajstić information content (AvgIpc) is 3.31. The number of hydrogen-bond acceptors (Lipinski definition) is 8. The maximum absolute atomic E-state index is 12.7. The van der Waals surface area contributed by atoms with Crippen LogP contribution in [0.1, 0.15) is 37.6 Å². The third-order valence-electron chi connectivity index (χ3n) is 5.64. The normalized spacial score (nSPS) is 16.4. The molecule has 1 atom stereocenters. The third-order valence-corrected chi connectivity index (χ3v) is 5.64. The zero-order chi connectivity index (χ0) is 28.1.